The Morgan fingerprint density at radius 2 is 1.91 bits per heavy atom. The molecule has 11 heavy (non-hydrogen) atoms. The van der Waals surface area contributed by atoms with Gasteiger partial charge in [-0.05, 0) is 30.9 Å². The van der Waals surface area contributed by atoms with E-state index in [1.54, 1.807) is 11.8 Å². The summed E-state index contributed by atoms with van der Waals surface area (Å²) in [6.07, 6.45) is 2.57. The molecular formula is C9H18S2. The molecule has 0 aliphatic carbocycles. The van der Waals surface area contributed by atoms with Crippen molar-refractivity contribution < 1.29 is 0 Å². The Morgan fingerprint density at radius 3 is 2.27 bits per heavy atom. The fourth-order valence-electron chi connectivity index (χ4n) is 0.818. The van der Waals surface area contributed by atoms with Gasteiger partial charge in [-0.25, -0.2) is 0 Å². The molecule has 0 aliphatic heterocycles. The highest BCUT2D eigenvalue weighted by molar-refractivity contribution is 8.23. The molecule has 0 aromatic carbocycles. The van der Waals surface area contributed by atoms with Crippen LogP contribution in [0.1, 0.15) is 40.5 Å². The first-order valence-corrected chi connectivity index (χ1v) is 5.44. The highest BCUT2D eigenvalue weighted by atomic mass is 32.2. The average molecular weight is 190 g/mol. The molecule has 2 heteroatoms. The van der Waals surface area contributed by atoms with Crippen molar-refractivity contribution in [1.82, 2.24) is 0 Å². The summed E-state index contributed by atoms with van der Waals surface area (Å²) in [6.45, 7) is 8.84. The van der Waals surface area contributed by atoms with Crippen molar-refractivity contribution in [3.05, 3.63) is 0 Å². The third-order valence-electron chi connectivity index (χ3n) is 1.38. The second-order valence-corrected chi connectivity index (χ2v) is 6.18. The molecule has 66 valence electrons. The third-order valence-corrected chi connectivity index (χ3v) is 2.63. The van der Waals surface area contributed by atoms with Crippen molar-refractivity contribution >= 4 is 28.2 Å². The lowest BCUT2D eigenvalue weighted by Crippen LogP contribution is -2.04. The van der Waals surface area contributed by atoms with Crippen LogP contribution in [0.2, 0.25) is 0 Å². The molecule has 0 radical (unpaired) electrons. The van der Waals surface area contributed by atoms with Gasteiger partial charge in [0.1, 0.15) is 0 Å². The van der Waals surface area contributed by atoms with Gasteiger partial charge in [0, 0.05) is 4.20 Å². The lowest BCUT2D eigenvalue weighted by Gasteiger charge is -2.17. The van der Waals surface area contributed by atoms with Gasteiger partial charge < -0.3 is 0 Å². The van der Waals surface area contributed by atoms with Gasteiger partial charge >= 0.3 is 0 Å². The Bertz CT molecular complexity index is 122. The van der Waals surface area contributed by atoms with Gasteiger partial charge in [-0.15, -0.1) is 11.8 Å². The first-order chi connectivity index (χ1) is 4.92. The monoisotopic (exact) mass is 190 g/mol. The summed E-state index contributed by atoms with van der Waals surface area (Å²) in [5.74, 6) is 1.19. The van der Waals surface area contributed by atoms with Crippen molar-refractivity contribution in [2.75, 3.05) is 5.75 Å². The molecule has 0 heterocycles. The van der Waals surface area contributed by atoms with Gasteiger partial charge in [0.05, 0.1) is 0 Å². The second kappa shape index (κ2) is 5.15. The molecule has 0 amide bonds. The molecule has 0 aromatic heterocycles. The molecule has 0 bridgehead atoms. The highest BCUT2D eigenvalue weighted by Crippen LogP contribution is 2.22. The minimum Gasteiger partial charge on any atom is -0.119 e. The zero-order valence-corrected chi connectivity index (χ0v) is 9.57. The van der Waals surface area contributed by atoms with Crippen LogP contribution in [0.25, 0.3) is 0 Å². The van der Waals surface area contributed by atoms with E-state index in [-0.39, 0.29) is 0 Å². The normalized spacial score (nSPS) is 11.6. The number of thiocarbonyl (C=S) groups is 1. The van der Waals surface area contributed by atoms with E-state index in [1.807, 2.05) is 6.92 Å². The van der Waals surface area contributed by atoms with Crippen molar-refractivity contribution in [1.29, 1.82) is 0 Å². The quantitative estimate of drug-likeness (QED) is 0.489. The van der Waals surface area contributed by atoms with E-state index >= 15 is 0 Å². The summed E-state index contributed by atoms with van der Waals surface area (Å²) in [6, 6.07) is 0. The molecule has 0 N–H and O–H groups in total. The Morgan fingerprint density at radius 1 is 1.36 bits per heavy atom. The van der Waals surface area contributed by atoms with Crippen molar-refractivity contribution in [3.8, 4) is 0 Å². The fourth-order valence-corrected chi connectivity index (χ4v) is 1.64. The molecule has 0 unspecified atom stereocenters. The number of hydrogen-bond acceptors (Lipinski definition) is 2. The van der Waals surface area contributed by atoms with Crippen LogP contribution in [0.15, 0.2) is 0 Å². The molecule has 0 atom stereocenters. The van der Waals surface area contributed by atoms with Gasteiger partial charge in [0.25, 0.3) is 0 Å². The van der Waals surface area contributed by atoms with Gasteiger partial charge in [-0.2, -0.15) is 0 Å². The van der Waals surface area contributed by atoms with Crippen LogP contribution < -0.4 is 0 Å². The Hall–Kier alpha value is 0.440. The van der Waals surface area contributed by atoms with Gasteiger partial charge in [0.2, 0.25) is 0 Å². The van der Waals surface area contributed by atoms with Crippen LogP contribution in [-0.2, 0) is 0 Å². The maximum Gasteiger partial charge on any atom is 0.0447 e. The first-order valence-electron chi connectivity index (χ1n) is 4.05. The molecular weight excluding hydrogens is 172 g/mol. The van der Waals surface area contributed by atoms with Crippen LogP contribution in [-0.4, -0.2) is 9.95 Å². The van der Waals surface area contributed by atoms with Crippen LogP contribution >= 0.6 is 24.0 Å². The van der Waals surface area contributed by atoms with E-state index in [1.165, 1.54) is 18.6 Å². The number of hydrogen-bond donors (Lipinski definition) is 0. The molecule has 0 spiro atoms. The maximum absolute atomic E-state index is 4.97. The number of rotatable bonds is 3. The summed E-state index contributed by atoms with van der Waals surface area (Å²) < 4.78 is 1.07. The first kappa shape index (κ1) is 11.4. The standard InChI is InChI=1S/C9H18S2/c1-8(10)11-7-5-6-9(2,3)4/h5-7H2,1-4H3. The van der Waals surface area contributed by atoms with E-state index < -0.39 is 0 Å². The Kier molecular flexibility index (Phi) is 5.36. The summed E-state index contributed by atoms with van der Waals surface area (Å²) in [5.41, 5.74) is 0.482. The number of thioether (sulfide) groups is 1. The smallest absolute Gasteiger partial charge is 0.0447 e. The topological polar surface area (TPSA) is 0 Å². The Balaban J connectivity index is 3.22. The van der Waals surface area contributed by atoms with E-state index in [9.17, 15) is 0 Å². The average Bonchev–Trinajstić information content (AvgIpc) is 1.78. The lowest BCUT2D eigenvalue weighted by atomic mass is 9.91. The predicted molar refractivity (Wildman–Crippen MR) is 59.4 cm³/mol. The minimum atomic E-state index is 0.482. The molecule has 0 saturated carbocycles. The van der Waals surface area contributed by atoms with E-state index in [0.717, 1.165) is 4.20 Å². The predicted octanol–water partition coefficient (Wildman–Crippen LogP) is 3.89. The molecule has 0 rings (SSSR count). The van der Waals surface area contributed by atoms with Crippen LogP contribution in [0.3, 0.4) is 0 Å². The summed E-state index contributed by atoms with van der Waals surface area (Å²) in [5, 5.41) is 0. The van der Waals surface area contributed by atoms with Crippen LogP contribution in [0.4, 0.5) is 0 Å². The van der Waals surface area contributed by atoms with Crippen molar-refractivity contribution in [2.45, 2.75) is 40.5 Å². The van der Waals surface area contributed by atoms with Crippen molar-refractivity contribution in [2.24, 2.45) is 5.41 Å². The molecule has 0 fully saturated rings. The molecule has 0 nitrogen and oxygen atoms in total. The summed E-state index contributed by atoms with van der Waals surface area (Å²) in [7, 11) is 0. The van der Waals surface area contributed by atoms with Crippen LogP contribution in [0, 0.1) is 5.41 Å². The zero-order chi connectivity index (χ0) is 8.91. The SMILES string of the molecule is CC(=S)SCCCC(C)(C)C. The second-order valence-electron chi connectivity index (χ2n) is 4.00. The fraction of sp³-hybridized carbons (Fsp3) is 0.889. The van der Waals surface area contributed by atoms with Gasteiger partial charge in [0.15, 0.2) is 0 Å². The van der Waals surface area contributed by atoms with Crippen molar-refractivity contribution in [3.63, 3.8) is 0 Å². The summed E-state index contributed by atoms with van der Waals surface area (Å²) >= 11 is 6.77. The molecule has 0 saturated heterocycles. The van der Waals surface area contributed by atoms with Gasteiger partial charge in [-0.1, -0.05) is 33.0 Å². The van der Waals surface area contributed by atoms with Gasteiger partial charge in [-0.3, -0.25) is 0 Å². The molecule has 0 aliphatic rings. The largest absolute Gasteiger partial charge is 0.119 e. The minimum absolute atomic E-state index is 0.482. The van der Waals surface area contributed by atoms with E-state index in [2.05, 4.69) is 20.8 Å². The Labute approximate surface area is 80.1 Å². The zero-order valence-electron chi connectivity index (χ0n) is 7.94. The molecule has 0 aromatic rings. The maximum atomic E-state index is 4.97. The van der Waals surface area contributed by atoms with E-state index in [0.29, 0.717) is 5.41 Å². The summed E-state index contributed by atoms with van der Waals surface area (Å²) in [4.78, 5) is 0. The third kappa shape index (κ3) is 10.4. The van der Waals surface area contributed by atoms with E-state index in [4.69, 9.17) is 12.2 Å². The van der Waals surface area contributed by atoms with Crippen LogP contribution in [0.5, 0.6) is 0 Å². The lowest BCUT2D eigenvalue weighted by molar-refractivity contribution is 0.375. The highest BCUT2D eigenvalue weighted by Gasteiger charge is 2.08.